The fourth-order valence-electron chi connectivity index (χ4n) is 3.64. The Morgan fingerprint density at radius 2 is 1.87 bits per heavy atom. The predicted molar refractivity (Wildman–Crippen MR) is 63.0 cm³/mol. The largest absolute Gasteiger partial charge is 0.308 e. The molecule has 15 heavy (non-hydrogen) atoms. The molecule has 0 radical (unpaired) electrons. The second-order valence-electron chi connectivity index (χ2n) is 5.97. The Kier molecular flexibility index (Phi) is 2.52. The normalized spacial score (nSPS) is 37.0. The van der Waals surface area contributed by atoms with Crippen LogP contribution in [0.15, 0.2) is 0 Å². The van der Waals surface area contributed by atoms with Crippen LogP contribution in [0, 0.1) is 0 Å². The molecule has 1 saturated heterocycles. The minimum absolute atomic E-state index is 0.516. The lowest BCUT2D eigenvalue weighted by molar-refractivity contribution is 0.0195. The molecule has 3 rings (SSSR count). The van der Waals surface area contributed by atoms with E-state index in [1.165, 1.54) is 58.0 Å². The van der Waals surface area contributed by atoms with E-state index >= 15 is 0 Å². The molecule has 1 atom stereocenters. The van der Waals surface area contributed by atoms with Crippen molar-refractivity contribution in [1.82, 2.24) is 10.2 Å². The van der Waals surface area contributed by atoms with Crippen molar-refractivity contribution < 1.29 is 0 Å². The van der Waals surface area contributed by atoms with Crippen LogP contribution in [0.2, 0.25) is 0 Å². The van der Waals surface area contributed by atoms with E-state index in [0.717, 1.165) is 12.1 Å². The summed E-state index contributed by atoms with van der Waals surface area (Å²) in [5.74, 6) is 0. The molecule has 3 fully saturated rings. The summed E-state index contributed by atoms with van der Waals surface area (Å²) >= 11 is 0. The molecule has 1 aliphatic heterocycles. The van der Waals surface area contributed by atoms with Crippen molar-refractivity contribution in [2.75, 3.05) is 13.1 Å². The number of hydrogen-bond acceptors (Lipinski definition) is 2. The Hall–Kier alpha value is -0.0800. The molecule has 0 aromatic rings. The monoisotopic (exact) mass is 208 g/mol. The molecular formula is C13H24N2. The second-order valence-corrected chi connectivity index (χ2v) is 5.97. The van der Waals surface area contributed by atoms with Crippen LogP contribution < -0.4 is 5.32 Å². The summed E-state index contributed by atoms with van der Waals surface area (Å²) in [5, 5.41) is 3.84. The van der Waals surface area contributed by atoms with Gasteiger partial charge in [-0.1, -0.05) is 19.3 Å². The molecule has 1 N–H and O–H groups in total. The maximum absolute atomic E-state index is 3.84. The Bertz CT molecular complexity index is 227. The third kappa shape index (κ3) is 1.72. The zero-order valence-corrected chi connectivity index (χ0v) is 9.97. The van der Waals surface area contributed by atoms with Crippen molar-refractivity contribution in [3.05, 3.63) is 0 Å². The van der Waals surface area contributed by atoms with E-state index in [-0.39, 0.29) is 0 Å². The van der Waals surface area contributed by atoms with Crippen molar-refractivity contribution in [2.45, 2.75) is 69.5 Å². The van der Waals surface area contributed by atoms with Crippen molar-refractivity contribution in [2.24, 2.45) is 0 Å². The Balaban J connectivity index is 1.70. The summed E-state index contributed by atoms with van der Waals surface area (Å²) < 4.78 is 0. The highest BCUT2D eigenvalue weighted by atomic mass is 15.3. The molecule has 3 aliphatic rings. The highest BCUT2D eigenvalue weighted by molar-refractivity contribution is 5.02. The highest BCUT2D eigenvalue weighted by Crippen LogP contribution is 2.36. The van der Waals surface area contributed by atoms with Gasteiger partial charge in [0.1, 0.15) is 0 Å². The first kappa shape index (κ1) is 10.1. The summed E-state index contributed by atoms with van der Waals surface area (Å²) in [6.07, 6.45) is 10.1. The first-order valence-electron chi connectivity index (χ1n) is 6.80. The molecule has 0 aromatic heterocycles. The number of hydrogen-bond donors (Lipinski definition) is 1. The van der Waals surface area contributed by atoms with Crippen LogP contribution in [0.3, 0.4) is 0 Å². The Labute approximate surface area is 93.4 Å². The van der Waals surface area contributed by atoms with Crippen molar-refractivity contribution in [3.63, 3.8) is 0 Å². The fourth-order valence-corrected chi connectivity index (χ4v) is 3.64. The number of nitrogens with zero attached hydrogens (tertiary/aromatic N) is 1. The molecule has 0 amide bonds. The molecular weight excluding hydrogens is 184 g/mol. The molecule has 0 aromatic carbocycles. The van der Waals surface area contributed by atoms with Crippen LogP contribution in [-0.4, -0.2) is 35.6 Å². The van der Waals surface area contributed by atoms with Crippen LogP contribution in [-0.2, 0) is 0 Å². The van der Waals surface area contributed by atoms with Crippen LogP contribution in [0.5, 0.6) is 0 Å². The van der Waals surface area contributed by atoms with Crippen molar-refractivity contribution >= 4 is 0 Å². The molecule has 0 bridgehead atoms. The van der Waals surface area contributed by atoms with E-state index in [4.69, 9.17) is 0 Å². The van der Waals surface area contributed by atoms with Gasteiger partial charge in [-0.25, -0.2) is 0 Å². The first-order chi connectivity index (χ1) is 7.29. The van der Waals surface area contributed by atoms with Crippen molar-refractivity contribution in [1.29, 1.82) is 0 Å². The van der Waals surface area contributed by atoms with Gasteiger partial charge in [0.05, 0.1) is 0 Å². The molecule has 2 aliphatic carbocycles. The van der Waals surface area contributed by atoms with Crippen LogP contribution >= 0.6 is 0 Å². The minimum Gasteiger partial charge on any atom is -0.308 e. The summed E-state index contributed by atoms with van der Waals surface area (Å²) in [6, 6.07) is 1.70. The van der Waals surface area contributed by atoms with Gasteiger partial charge in [-0.05, 0) is 32.6 Å². The van der Waals surface area contributed by atoms with Gasteiger partial charge >= 0.3 is 0 Å². The third-order valence-corrected chi connectivity index (χ3v) is 4.93. The zero-order valence-electron chi connectivity index (χ0n) is 9.97. The first-order valence-corrected chi connectivity index (χ1v) is 6.80. The molecule has 2 saturated carbocycles. The smallest absolute Gasteiger partial charge is 0.0309 e. The maximum Gasteiger partial charge on any atom is 0.0309 e. The van der Waals surface area contributed by atoms with Gasteiger partial charge in [0.25, 0.3) is 0 Å². The topological polar surface area (TPSA) is 15.3 Å². The summed E-state index contributed by atoms with van der Waals surface area (Å²) in [5.41, 5.74) is 0.516. The van der Waals surface area contributed by atoms with Crippen LogP contribution in [0.25, 0.3) is 0 Å². The standard InChI is InChI=1S/C13H24N2/c1-11-9-14-13(7-2-3-8-13)10-15(11)12-5-4-6-12/h11-12,14H,2-10H2,1H3. The van der Waals surface area contributed by atoms with Crippen molar-refractivity contribution in [3.8, 4) is 0 Å². The minimum atomic E-state index is 0.516. The van der Waals surface area contributed by atoms with E-state index in [9.17, 15) is 0 Å². The van der Waals surface area contributed by atoms with Gasteiger partial charge in [0, 0.05) is 30.7 Å². The third-order valence-electron chi connectivity index (χ3n) is 4.93. The molecule has 1 unspecified atom stereocenters. The number of rotatable bonds is 1. The summed E-state index contributed by atoms with van der Waals surface area (Å²) in [4.78, 5) is 2.81. The van der Waals surface area contributed by atoms with E-state index in [1.807, 2.05) is 0 Å². The molecule has 1 heterocycles. The fraction of sp³-hybridized carbons (Fsp3) is 1.00. The Morgan fingerprint density at radius 3 is 2.47 bits per heavy atom. The average molecular weight is 208 g/mol. The summed E-state index contributed by atoms with van der Waals surface area (Å²) in [7, 11) is 0. The second kappa shape index (κ2) is 3.74. The van der Waals surface area contributed by atoms with Gasteiger partial charge in [0.15, 0.2) is 0 Å². The lowest BCUT2D eigenvalue weighted by Crippen LogP contribution is -2.65. The van der Waals surface area contributed by atoms with E-state index in [2.05, 4.69) is 17.1 Å². The quantitative estimate of drug-likeness (QED) is 0.710. The highest BCUT2D eigenvalue weighted by Gasteiger charge is 2.42. The lowest BCUT2D eigenvalue weighted by Gasteiger charge is -2.51. The molecule has 1 spiro atoms. The maximum atomic E-state index is 3.84. The lowest BCUT2D eigenvalue weighted by atomic mass is 9.85. The Morgan fingerprint density at radius 1 is 1.13 bits per heavy atom. The predicted octanol–water partition coefficient (Wildman–Crippen LogP) is 2.15. The number of nitrogens with one attached hydrogen (secondary N) is 1. The molecule has 86 valence electrons. The SMILES string of the molecule is CC1CNC2(CCCC2)CN1C1CCC1. The number of piperazine rings is 1. The van der Waals surface area contributed by atoms with Gasteiger partial charge in [-0.2, -0.15) is 0 Å². The van der Waals surface area contributed by atoms with Gasteiger partial charge in [-0.15, -0.1) is 0 Å². The van der Waals surface area contributed by atoms with Crippen LogP contribution in [0.4, 0.5) is 0 Å². The van der Waals surface area contributed by atoms with Gasteiger partial charge < -0.3 is 5.32 Å². The van der Waals surface area contributed by atoms with Gasteiger partial charge in [-0.3, -0.25) is 4.90 Å². The average Bonchev–Trinajstić information content (AvgIpc) is 2.58. The zero-order chi connectivity index (χ0) is 10.3. The van der Waals surface area contributed by atoms with Crippen LogP contribution in [0.1, 0.15) is 51.9 Å². The van der Waals surface area contributed by atoms with E-state index in [1.54, 1.807) is 0 Å². The van der Waals surface area contributed by atoms with E-state index < -0.39 is 0 Å². The summed E-state index contributed by atoms with van der Waals surface area (Å²) in [6.45, 7) is 4.95. The molecule has 2 nitrogen and oxygen atoms in total. The van der Waals surface area contributed by atoms with Gasteiger partial charge in [0.2, 0.25) is 0 Å². The van der Waals surface area contributed by atoms with E-state index in [0.29, 0.717) is 5.54 Å². The molecule has 2 heteroatoms.